The summed E-state index contributed by atoms with van der Waals surface area (Å²) in [6.45, 7) is 0.744. The molecule has 0 saturated carbocycles. The highest BCUT2D eigenvalue weighted by atomic mass is 16.2. The zero-order valence-corrected chi connectivity index (χ0v) is 10.9. The number of carbonyl (C=O) groups is 3. The Labute approximate surface area is 116 Å². The van der Waals surface area contributed by atoms with Gasteiger partial charge in [-0.1, -0.05) is 30.3 Å². The van der Waals surface area contributed by atoms with Crippen LogP contribution in [0, 0.1) is 0 Å². The smallest absolute Gasteiger partial charge is 0.324 e. The van der Waals surface area contributed by atoms with Crippen molar-refractivity contribution in [2.45, 2.75) is 13.0 Å². The molecule has 7 heteroatoms. The number of benzene rings is 1. The average molecular weight is 279 g/mol. The Kier molecular flexibility index (Phi) is 5.67. The van der Waals surface area contributed by atoms with Gasteiger partial charge in [0.2, 0.25) is 11.8 Å². The van der Waals surface area contributed by atoms with E-state index in [1.165, 1.54) is 4.90 Å². The summed E-state index contributed by atoms with van der Waals surface area (Å²) in [5.74, 6) is -0.467. The lowest BCUT2D eigenvalue weighted by atomic mass is 10.2. The molecular formula is C13H17N3O4. The summed E-state index contributed by atoms with van der Waals surface area (Å²) in [6.07, 6.45) is 0.188. The topological polar surface area (TPSA) is 110 Å². The molecule has 1 aliphatic rings. The van der Waals surface area contributed by atoms with Gasteiger partial charge in [-0.25, -0.2) is 4.79 Å². The SMILES string of the molecule is O.O=C(CCN1CC(=O)NC1=O)NCc1ccccc1. The molecule has 1 fully saturated rings. The molecule has 0 unspecified atom stereocenters. The second-order valence-corrected chi connectivity index (χ2v) is 4.29. The third-order valence-corrected chi connectivity index (χ3v) is 2.81. The minimum Gasteiger partial charge on any atom is -0.412 e. The number of hydrogen-bond donors (Lipinski definition) is 2. The van der Waals surface area contributed by atoms with E-state index >= 15 is 0 Å². The van der Waals surface area contributed by atoms with Crippen LogP contribution in [0.1, 0.15) is 12.0 Å². The van der Waals surface area contributed by atoms with Crippen molar-refractivity contribution < 1.29 is 19.9 Å². The van der Waals surface area contributed by atoms with Crippen LogP contribution in [0.25, 0.3) is 0 Å². The van der Waals surface area contributed by atoms with Gasteiger partial charge in [-0.3, -0.25) is 14.9 Å². The maximum atomic E-state index is 11.6. The second-order valence-electron chi connectivity index (χ2n) is 4.29. The second kappa shape index (κ2) is 7.25. The highest BCUT2D eigenvalue weighted by Crippen LogP contribution is 2.00. The Balaban J connectivity index is 0.00000200. The van der Waals surface area contributed by atoms with E-state index in [9.17, 15) is 14.4 Å². The van der Waals surface area contributed by atoms with Crippen LogP contribution in [-0.4, -0.2) is 41.3 Å². The lowest BCUT2D eigenvalue weighted by molar-refractivity contribution is -0.122. The predicted octanol–water partition coefficient (Wildman–Crippen LogP) is -0.580. The minimum atomic E-state index is -0.430. The normalized spacial score (nSPS) is 13.7. The van der Waals surface area contributed by atoms with Gasteiger partial charge in [0.25, 0.3) is 0 Å². The van der Waals surface area contributed by atoms with Gasteiger partial charge >= 0.3 is 6.03 Å². The molecule has 1 heterocycles. The van der Waals surface area contributed by atoms with Crippen LogP contribution < -0.4 is 10.6 Å². The predicted molar refractivity (Wildman–Crippen MR) is 71.6 cm³/mol. The van der Waals surface area contributed by atoms with Gasteiger partial charge in [-0.05, 0) is 5.56 Å². The average Bonchev–Trinajstić information content (AvgIpc) is 2.73. The summed E-state index contributed by atoms with van der Waals surface area (Å²) in [6, 6.07) is 9.14. The maximum Gasteiger partial charge on any atom is 0.324 e. The van der Waals surface area contributed by atoms with Gasteiger partial charge in [0, 0.05) is 19.5 Å². The first-order valence-corrected chi connectivity index (χ1v) is 6.04. The molecule has 108 valence electrons. The molecule has 4 N–H and O–H groups in total. The van der Waals surface area contributed by atoms with E-state index < -0.39 is 6.03 Å². The fourth-order valence-electron chi connectivity index (χ4n) is 1.79. The molecule has 1 saturated heterocycles. The van der Waals surface area contributed by atoms with Crippen LogP contribution in [0.15, 0.2) is 30.3 Å². The molecule has 1 aromatic rings. The first-order chi connectivity index (χ1) is 9.15. The first-order valence-electron chi connectivity index (χ1n) is 6.04. The van der Waals surface area contributed by atoms with E-state index in [-0.39, 0.29) is 36.8 Å². The van der Waals surface area contributed by atoms with Gasteiger partial charge in [-0.15, -0.1) is 0 Å². The third kappa shape index (κ3) is 4.36. The number of imide groups is 1. The first kappa shape index (κ1) is 15.6. The van der Waals surface area contributed by atoms with Crippen molar-refractivity contribution in [3.63, 3.8) is 0 Å². The molecule has 7 nitrogen and oxygen atoms in total. The number of nitrogens with zero attached hydrogens (tertiary/aromatic N) is 1. The number of amides is 4. The Morgan fingerprint density at radius 3 is 2.55 bits per heavy atom. The Morgan fingerprint density at radius 2 is 1.95 bits per heavy atom. The molecule has 0 radical (unpaired) electrons. The van der Waals surface area contributed by atoms with Gasteiger partial charge in [-0.2, -0.15) is 0 Å². The lowest BCUT2D eigenvalue weighted by Crippen LogP contribution is -2.33. The van der Waals surface area contributed by atoms with Gasteiger partial charge in [0.05, 0.1) is 0 Å². The monoisotopic (exact) mass is 279 g/mol. The van der Waals surface area contributed by atoms with Crippen LogP contribution in [0.5, 0.6) is 0 Å². The number of rotatable bonds is 5. The Hall–Kier alpha value is -2.41. The molecule has 1 aromatic carbocycles. The Bertz CT molecular complexity index is 490. The summed E-state index contributed by atoms with van der Waals surface area (Å²) in [4.78, 5) is 35.1. The molecule has 4 amide bonds. The number of urea groups is 1. The highest BCUT2D eigenvalue weighted by Gasteiger charge is 2.26. The summed E-state index contributed by atoms with van der Waals surface area (Å²) in [7, 11) is 0. The molecule has 2 rings (SSSR count). The molecule has 0 aliphatic carbocycles. The van der Waals surface area contributed by atoms with Crippen molar-refractivity contribution in [1.29, 1.82) is 0 Å². The van der Waals surface area contributed by atoms with Crippen molar-refractivity contribution in [3.8, 4) is 0 Å². The van der Waals surface area contributed by atoms with Crippen molar-refractivity contribution in [2.75, 3.05) is 13.1 Å². The van der Waals surface area contributed by atoms with Gasteiger partial charge in [0.1, 0.15) is 6.54 Å². The number of hydrogen-bond acceptors (Lipinski definition) is 3. The summed E-state index contributed by atoms with van der Waals surface area (Å²) >= 11 is 0. The summed E-state index contributed by atoms with van der Waals surface area (Å²) in [5.41, 5.74) is 1.02. The van der Waals surface area contributed by atoms with E-state index in [2.05, 4.69) is 10.6 Å². The van der Waals surface area contributed by atoms with Crippen LogP contribution in [-0.2, 0) is 16.1 Å². The van der Waals surface area contributed by atoms with Crippen molar-refractivity contribution >= 4 is 17.8 Å². The number of nitrogens with one attached hydrogen (secondary N) is 2. The van der Waals surface area contributed by atoms with Gasteiger partial charge in [0.15, 0.2) is 0 Å². The van der Waals surface area contributed by atoms with E-state index in [1.807, 2.05) is 30.3 Å². The molecule has 0 bridgehead atoms. The van der Waals surface area contributed by atoms with Crippen molar-refractivity contribution in [1.82, 2.24) is 15.5 Å². The minimum absolute atomic E-state index is 0. The molecule has 0 spiro atoms. The van der Waals surface area contributed by atoms with Crippen LogP contribution in [0.4, 0.5) is 4.79 Å². The standard InChI is InChI=1S/C13H15N3O3.H2O/c17-11(14-8-10-4-2-1-3-5-10)6-7-16-9-12(18)15-13(16)19;/h1-5H,6-9H2,(H,14,17)(H,15,18,19);1H2. The molecule has 20 heavy (non-hydrogen) atoms. The zero-order chi connectivity index (χ0) is 13.7. The fourth-order valence-corrected chi connectivity index (χ4v) is 1.79. The van der Waals surface area contributed by atoms with E-state index in [4.69, 9.17) is 0 Å². The fraction of sp³-hybridized carbons (Fsp3) is 0.308. The quantitative estimate of drug-likeness (QED) is 0.703. The molecular weight excluding hydrogens is 262 g/mol. The number of carbonyl (C=O) groups excluding carboxylic acids is 3. The summed E-state index contributed by atoms with van der Waals surface area (Å²) < 4.78 is 0. The van der Waals surface area contributed by atoms with Crippen LogP contribution >= 0.6 is 0 Å². The van der Waals surface area contributed by atoms with E-state index in [0.717, 1.165) is 5.56 Å². The molecule has 1 aliphatic heterocycles. The lowest BCUT2D eigenvalue weighted by Gasteiger charge is -2.12. The van der Waals surface area contributed by atoms with Crippen LogP contribution in [0.3, 0.4) is 0 Å². The largest absolute Gasteiger partial charge is 0.412 e. The van der Waals surface area contributed by atoms with E-state index in [0.29, 0.717) is 6.54 Å². The molecule has 0 atom stereocenters. The van der Waals surface area contributed by atoms with Crippen molar-refractivity contribution in [3.05, 3.63) is 35.9 Å². The van der Waals surface area contributed by atoms with Crippen LogP contribution in [0.2, 0.25) is 0 Å². The molecule has 0 aromatic heterocycles. The Morgan fingerprint density at radius 1 is 1.25 bits per heavy atom. The highest BCUT2D eigenvalue weighted by molar-refractivity contribution is 6.02. The maximum absolute atomic E-state index is 11.6. The van der Waals surface area contributed by atoms with Gasteiger partial charge < -0.3 is 15.7 Å². The van der Waals surface area contributed by atoms with Crippen molar-refractivity contribution in [2.24, 2.45) is 0 Å². The third-order valence-electron chi connectivity index (χ3n) is 2.81. The van der Waals surface area contributed by atoms with E-state index in [1.54, 1.807) is 0 Å². The zero-order valence-electron chi connectivity index (χ0n) is 10.9. The summed E-state index contributed by atoms with van der Waals surface area (Å²) in [5, 5.41) is 4.93.